The predicted molar refractivity (Wildman–Crippen MR) is 169 cm³/mol. The van der Waals surface area contributed by atoms with E-state index < -0.39 is 21.6 Å². The molecule has 0 atom stereocenters. The molecule has 0 saturated heterocycles. The number of fused-ring (bicyclic) bond motifs is 3. The second-order valence-electron chi connectivity index (χ2n) is 10.9. The molecule has 0 amide bonds. The van der Waals surface area contributed by atoms with Crippen molar-refractivity contribution in [2.75, 3.05) is 3.30 Å². The van der Waals surface area contributed by atoms with Crippen LogP contribution in [-0.4, -0.2) is 5.98 Å². The van der Waals surface area contributed by atoms with Crippen molar-refractivity contribution < 1.29 is 15.6 Å². The molecule has 5 aromatic rings. The molecule has 0 heterocycles. The normalized spacial score (nSPS) is 13.5. The SMILES string of the molecule is CC(C)c1ccccc1[NH][Hf]([Cl])([Cl])([c]1cccc2c1Cc1ccccc1-2)[SiH](c1ccccc1)c1ccccc1. The van der Waals surface area contributed by atoms with Gasteiger partial charge in [-0.3, -0.25) is 0 Å². The minimum atomic E-state index is -5.37. The van der Waals surface area contributed by atoms with Crippen molar-refractivity contribution in [3.05, 3.63) is 144 Å². The van der Waals surface area contributed by atoms with Crippen molar-refractivity contribution in [3.63, 3.8) is 0 Å². The molecule has 0 bridgehead atoms. The average molecular weight is 732 g/mol. The molecule has 6 rings (SSSR count). The molecule has 0 fully saturated rings. The van der Waals surface area contributed by atoms with Crippen LogP contribution in [0.2, 0.25) is 0 Å². The Bertz CT molecular complexity index is 1600. The summed E-state index contributed by atoms with van der Waals surface area (Å²) in [5.41, 5.74) is 7.49. The predicted octanol–water partition coefficient (Wildman–Crippen LogP) is 7.57. The third-order valence-corrected chi connectivity index (χ3v) is 56.5. The summed E-state index contributed by atoms with van der Waals surface area (Å²) in [6, 6.07) is 45.5. The number of benzene rings is 5. The first-order valence-corrected chi connectivity index (χ1v) is 34.1. The summed E-state index contributed by atoms with van der Waals surface area (Å²) in [6.07, 6.45) is 0.853. The fraction of sp³-hybridized carbons (Fsp3) is 0.118. The van der Waals surface area contributed by atoms with Crippen LogP contribution in [0.4, 0.5) is 5.69 Å². The van der Waals surface area contributed by atoms with Crippen LogP contribution >= 0.6 is 17.2 Å². The first-order valence-electron chi connectivity index (χ1n) is 13.6. The van der Waals surface area contributed by atoms with Gasteiger partial charge in [-0.05, 0) is 0 Å². The van der Waals surface area contributed by atoms with Crippen LogP contribution in [0.25, 0.3) is 11.1 Å². The maximum absolute atomic E-state index is 8.43. The van der Waals surface area contributed by atoms with Crippen molar-refractivity contribution in [3.8, 4) is 11.1 Å². The van der Waals surface area contributed by atoms with E-state index in [4.69, 9.17) is 17.2 Å². The molecule has 0 saturated carbocycles. The average Bonchev–Trinajstić information content (AvgIpc) is 3.33. The summed E-state index contributed by atoms with van der Waals surface area (Å²) in [5.74, 6) is -1.90. The fourth-order valence-corrected chi connectivity index (χ4v) is 58.9. The number of halogens is 2. The van der Waals surface area contributed by atoms with Crippen LogP contribution < -0.4 is 17.0 Å². The quantitative estimate of drug-likeness (QED) is 0.167. The number of hydrogen-bond donors (Lipinski definition) is 1. The molecule has 0 unspecified atom stereocenters. The van der Waals surface area contributed by atoms with Crippen molar-refractivity contribution in [2.24, 2.45) is 0 Å². The van der Waals surface area contributed by atoms with E-state index in [0.717, 1.165) is 15.4 Å². The van der Waals surface area contributed by atoms with E-state index in [0.29, 0.717) is 5.92 Å². The zero-order valence-electron chi connectivity index (χ0n) is 22.2. The van der Waals surface area contributed by atoms with E-state index >= 15 is 0 Å². The van der Waals surface area contributed by atoms with Crippen LogP contribution in [0.1, 0.15) is 36.5 Å². The molecule has 1 aliphatic rings. The zero-order chi connectivity index (χ0) is 27.1. The van der Waals surface area contributed by atoms with Gasteiger partial charge in [-0.1, -0.05) is 0 Å². The van der Waals surface area contributed by atoms with Gasteiger partial charge in [0.25, 0.3) is 0 Å². The minimum absolute atomic E-state index is 0.335. The fourth-order valence-electron chi connectivity index (χ4n) is 6.31. The number of para-hydroxylation sites is 1. The van der Waals surface area contributed by atoms with E-state index in [1.54, 1.807) is 0 Å². The number of hydrogen-bond acceptors (Lipinski definition) is 1. The molecule has 5 heteroatoms. The molecule has 1 aliphatic carbocycles. The van der Waals surface area contributed by atoms with Gasteiger partial charge < -0.3 is 0 Å². The number of nitrogens with one attached hydrogen (secondary N) is 1. The molecular formula is C34H32Cl2HfNSi. The summed E-state index contributed by atoms with van der Waals surface area (Å²) >= 11 is -5.37. The Morgan fingerprint density at radius 2 is 1.21 bits per heavy atom. The molecular weight excluding hydrogens is 700 g/mol. The third kappa shape index (κ3) is 4.78. The Labute approximate surface area is 241 Å². The summed E-state index contributed by atoms with van der Waals surface area (Å²) in [6.45, 7) is 4.46. The molecule has 1 N–H and O–H groups in total. The summed E-state index contributed by atoms with van der Waals surface area (Å²) in [5, 5.41) is 2.54. The number of rotatable bonds is 7. The first-order chi connectivity index (χ1) is 18.9. The topological polar surface area (TPSA) is 12.0 Å². The molecule has 0 spiro atoms. The standard InChI is InChI=1S/C13H9.C12H11Si.C9H12N.2ClH.Hf/c1-3-7-12-10(5-1)9-11-6-2-4-8-13(11)12;1-3-7-11(8-4-1)13-12-9-5-2-6-10-12;1-7(2)8-5-3-4-6-9(8)10;;;/h1-5,7-8H,9H2;1-10,13H;3-7,10H,1-2H3;2*1H;/q;;-1;;;+3/p-2. The van der Waals surface area contributed by atoms with Gasteiger partial charge >= 0.3 is 243 Å². The summed E-state index contributed by atoms with van der Waals surface area (Å²) in [7, 11) is 16.9. The molecule has 0 aliphatic heterocycles. The van der Waals surface area contributed by atoms with Gasteiger partial charge in [0.05, 0.1) is 0 Å². The zero-order valence-corrected chi connectivity index (χ0v) is 28.5. The third-order valence-electron chi connectivity index (χ3n) is 8.06. The summed E-state index contributed by atoms with van der Waals surface area (Å²) in [4.78, 5) is 0. The van der Waals surface area contributed by atoms with Gasteiger partial charge in [-0.2, -0.15) is 0 Å². The van der Waals surface area contributed by atoms with Crippen LogP contribution in [0.3, 0.4) is 0 Å². The number of anilines is 1. The summed E-state index contributed by atoms with van der Waals surface area (Å²) < 4.78 is 5.22. The van der Waals surface area contributed by atoms with E-state index in [2.05, 4.69) is 145 Å². The molecule has 39 heavy (non-hydrogen) atoms. The van der Waals surface area contributed by atoms with Crippen LogP contribution in [0.15, 0.2) is 127 Å². The van der Waals surface area contributed by atoms with Gasteiger partial charge in [0, 0.05) is 0 Å². The van der Waals surface area contributed by atoms with Crippen LogP contribution in [0.5, 0.6) is 0 Å². The van der Waals surface area contributed by atoms with Crippen LogP contribution in [0, 0.1) is 0 Å². The molecule has 5 aromatic carbocycles. The second kappa shape index (κ2) is 10.5. The van der Waals surface area contributed by atoms with E-state index in [-0.39, 0.29) is 0 Å². The molecule has 1 nitrogen and oxygen atoms in total. The van der Waals surface area contributed by atoms with Gasteiger partial charge in [-0.15, -0.1) is 0 Å². The first kappa shape index (κ1) is 26.8. The Hall–Kier alpha value is -2.43. The van der Waals surface area contributed by atoms with E-state index in [1.165, 1.54) is 38.2 Å². The monoisotopic (exact) mass is 732 g/mol. The Morgan fingerprint density at radius 1 is 0.641 bits per heavy atom. The maximum atomic E-state index is 8.43. The Kier molecular flexibility index (Phi) is 7.22. The Balaban J connectivity index is 1.67. The second-order valence-corrected chi connectivity index (χ2v) is 59.8. The van der Waals surface area contributed by atoms with E-state index in [9.17, 15) is 0 Å². The molecule has 0 aromatic heterocycles. The van der Waals surface area contributed by atoms with Crippen molar-refractivity contribution >= 4 is 42.5 Å². The van der Waals surface area contributed by atoms with Crippen molar-refractivity contribution in [1.29, 1.82) is 0 Å². The van der Waals surface area contributed by atoms with Gasteiger partial charge in [0.1, 0.15) is 0 Å². The van der Waals surface area contributed by atoms with E-state index in [1.807, 2.05) is 0 Å². The molecule has 0 radical (unpaired) electrons. The van der Waals surface area contributed by atoms with Gasteiger partial charge in [0.15, 0.2) is 0 Å². The van der Waals surface area contributed by atoms with Gasteiger partial charge in [-0.25, -0.2) is 0 Å². The Morgan fingerprint density at radius 3 is 1.87 bits per heavy atom. The van der Waals surface area contributed by atoms with Crippen molar-refractivity contribution in [2.45, 2.75) is 26.2 Å². The van der Waals surface area contributed by atoms with Crippen molar-refractivity contribution in [1.82, 2.24) is 0 Å². The van der Waals surface area contributed by atoms with Crippen LogP contribution in [-0.2, 0) is 22.0 Å². The molecule has 195 valence electrons. The van der Waals surface area contributed by atoms with Gasteiger partial charge in [0.2, 0.25) is 0 Å².